The van der Waals surface area contributed by atoms with E-state index in [1.54, 1.807) is 0 Å². The van der Waals surface area contributed by atoms with Crippen molar-refractivity contribution >= 4 is 11.6 Å². The number of halogens is 1. The van der Waals surface area contributed by atoms with E-state index in [-0.39, 0.29) is 23.7 Å². The van der Waals surface area contributed by atoms with E-state index in [2.05, 4.69) is 45.9 Å². The summed E-state index contributed by atoms with van der Waals surface area (Å²) in [6.45, 7) is 8.63. The van der Waals surface area contributed by atoms with E-state index >= 15 is 0 Å². The van der Waals surface area contributed by atoms with Gasteiger partial charge in [0.1, 0.15) is 11.9 Å². The first-order valence-electron chi connectivity index (χ1n) is 7.56. The highest BCUT2D eigenvalue weighted by Crippen LogP contribution is 2.45. The molecular weight excluding hydrogens is 272 g/mol. The summed E-state index contributed by atoms with van der Waals surface area (Å²) in [5.74, 6) is 1.86. The normalized spacial score (nSPS) is 37.5. The number of rotatable bonds is 2. The molecule has 2 aliphatic heterocycles. The minimum atomic E-state index is 0.00570. The molecule has 3 rings (SSSR count). The predicted octanol–water partition coefficient (Wildman–Crippen LogP) is 4.35. The van der Waals surface area contributed by atoms with Crippen LogP contribution in [0.25, 0.3) is 0 Å². The molecule has 2 aliphatic rings. The van der Waals surface area contributed by atoms with Crippen LogP contribution in [0.3, 0.4) is 0 Å². The molecule has 1 saturated heterocycles. The topological polar surface area (TPSA) is 18.5 Å². The maximum absolute atomic E-state index is 6.78. The average Bonchev–Trinajstić information content (AvgIpc) is 2.87. The lowest BCUT2D eigenvalue weighted by Gasteiger charge is -2.24. The van der Waals surface area contributed by atoms with E-state index in [1.807, 2.05) is 0 Å². The second-order valence-electron chi connectivity index (χ2n) is 6.38. The van der Waals surface area contributed by atoms with Crippen molar-refractivity contribution in [2.75, 3.05) is 0 Å². The SMILES string of the molecule is CC1Cc2cc(C(Cl)C3C(C)OC(C)C3C)ccc2O1. The summed E-state index contributed by atoms with van der Waals surface area (Å²) in [5.41, 5.74) is 2.48. The van der Waals surface area contributed by atoms with Crippen molar-refractivity contribution in [1.82, 2.24) is 0 Å². The van der Waals surface area contributed by atoms with Crippen molar-refractivity contribution in [3.8, 4) is 5.75 Å². The minimum Gasteiger partial charge on any atom is -0.490 e. The fourth-order valence-electron chi connectivity index (χ4n) is 3.63. The van der Waals surface area contributed by atoms with Crippen molar-refractivity contribution in [2.24, 2.45) is 11.8 Å². The third kappa shape index (κ3) is 2.33. The van der Waals surface area contributed by atoms with Crippen molar-refractivity contribution in [2.45, 2.75) is 57.8 Å². The minimum absolute atomic E-state index is 0.00570. The molecule has 2 heterocycles. The van der Waals surface area contributed by atoms with E-state index < -0.39 is 0 Å². The fraction of sp³-hybridized carbons (Fsp3) is 0.647. The number of ether oxygens (including phenoxy) is 2. The van der Waals surface area contributed by atoms with Gasteiger partial charge in [0, 0.05) is 12.3 Å². The number of hydrogen-bond donors (Lipinski definition) is 0. The highest BCUT2D eigenvalue weighted by atomic mass is 35.5. The van der Waals surface area contributed by atoms with Crippen molar-refractivity contribution in [1.29, 1.82) is 0 Å². The van der Waals surface area contributed by atoms with Gasteiger partial charge in [0.15, 0.2) is 0 Å². The summed E-state index contributed by atoms with van der Waals surface area (Å²) in [4.78, 5) is 0. The number of benzene rings is 1. The highest BCUT2D eigenvalue weighted by Gasteiger charge is 2.41. The van der Waals surface area contributed by atoms with Gasteiger partial charge >= 0.3 is 0 Å². The monoisotopic (exact) mass is 294 g/mol. The molecule has 0 radical (unpaired) electrons. The molecule has 6 unspecified atom stereocenters. The summed E-state index contributed by atoms with van der Waals surface area (Å²) in [7, 11) is 0. The summed E-state index contributed by atoms with van der Waals surface area (Å²) >= 11 is 6.78. The van der Waals surface area contributed by atoms with E-state index in [0.717, 1.165) is 12.2 Å². The second kappa shape index (κ2) is 5.23. The molecule has 3 heteroatoms. The Morgan fingerprint density at radius 3 is 2.55 bits per heavy atom. The Morgan fingerprint density at radius 1 is 1.15 bits per heavy atom. The van der Waals surface area contributed by atoms with Gasteiger partial charge < -0.3 is 9.47 Å². The quantitative estimate of drug-likeness (QED) is 0.755. The molecule has 0 bridgehead atoms. The zero-order valence-corrected chi connectivity index (χ0v) is 13.4. The van der Waals surface area contributed by atoms with Gasteiger partial charge in [0.2, 0.25) is 0 Å². The van der Waals surface area contributed by atoms with Crippen molar-refractivity contribution in [3.63, 3.8) is 0 Å². The van der Waals surface area contributed by atoms with Gasteiger partial charge in [-0.3, -0.25) is 0 Å². The van der Waals surface area contributed by atoms with Crippen LogP contribution in [-0.2, 0) is 11.2 Å². The van der Waals surface area contributed by atoms with E-state index in [1.165, 1.54) is 11.1 Å². The molecule has 0 aromatic heterocycles. The van der Waals surface area contributed by atoms with Crippen LogP contribution in [0.15, 0.2) is 18.2 Å². The Bertz CT molecular complexity index is 502. The van der Waals surface area contributed by atoms with Gasteiger partial charge in [-0.15, -0.1) is 11.6 Å². The molecule has 0 aliphatic carbocycles. The molecular formula is C17H23ClO2. The van der Waals surface area contributed by atoms with E-state index in [4.69, 9.17) is 21.1 Å². The lowest BCUT2D eigenvalue weighted by atomic mass is 9.83. The van der Waals surface area contributed by atoms with E-state index in [9.17, 15) is 0 Å². The third-order valence-corrected chi connectivity index (χ3v) is 5.44. The zero-order chi connectivity index (χ0) is 14.4. The standard InChI is InChI=1S/C17H23ClO2/c1-9-7-14-8-13(5-6-15(14)19-9)17(18)16-10(2)11(3)20-12(16)4/h5-6,8-12,16-17H,7H2,1-4H3. The van der Waals surface area contributed by atoms with Crippen LogP contribution in [0, 0.1) is 11.8 Å². The Balaban J connectivity index is 1.85. The molecule has 6 atom stereocenters. The number of alkyl halides is 1. The smallest absolute Gasteiger partial charge is 0.123 e. The molecule has 0 amide bonds. The Morgan fingerprint density at radius 2 is 1.90 bits per heavy atom. The largest absolute Gasteiger partial charge is 0.490 e. The molecule has 0 saturated carbocycles. The van der Waals surface area contributed by atoms with Gasteiger partial charge in [0.05, 0.1) is 17.6 Å². The number of hydrogen-bond acceptors (Lipinski definition) is 2. The fourth-order valence-corrected chi connectivity index (χ4v) is 4.20. The predicted molar refractivity (Wildman–Crippen MR) is 81.5 cm³/mol. The lowest BCUT2D eigenvalue weighted by molar-refractivity contribution is 0.0508. The van der Waals surface area contributed by atoms with Crippen LogP contribution < -0.4 is 4.74 Å². The Kier molecular flexibility index (Phi) is 3.72. The maximum Gasteiger partial charge on any atom is 0.123 e. The lowest BCUT2D eigenvalue weighted by Crippen LogP contribution is -2.22. The van der Waals surface area contributed by atoms with Gasteiger partial charge in [-0.25, -0.2) is 0 Å². The summed E-state index contributed by atoms with van der Waals surface area (Å²) in [5, 5.41) is 0.00570. The van der Waals surface area contributed by atoms with Crippen LogP contribution in [-0.4, -0.2) is 18.3 Å². The first kappa shape index (κ1) is 14.2. The van der Waals surface area contributed by atoms with Crippen LogP contribution in [0.5, 0.6) is 5.75 Å². The van der Waals surface area contributed by atoms with Gasteiger partial charge in [0.25, 0.3) is 0 Å². The van der Waals surface area contributed by atoms with Crippen LogP contribution in [0.4, 0.5) is 0 Å². The molecule has 0 N–H and O–H groups in total. The summed E-state index contributed by atoms with van der Waals surface area (Å²) in [6, 6.07) is 6.40. The highest BCUT2D eigenvalue weighted by molar-refractivity contribution is 6.21. The zero-order valence-electron chi connectivity index (χ0n) is 12.6. The first-order chi connectivity index (χ1) is 9.47. The Hall–Kier alpha value is -0.730. The molecule has 2 nitrogen and oxygen atoms in total. The maximum atomic E-state index is 6.78. The summed E-state index contributed by atoms with van der Waals surface area (Å²) in [6.07, 6.45) is 1.76. The van der Waals surface area contributed by atoms with E-state index in [0.29, 0.717) is 11.8 Å². The molecule has 1 aromatic rings. The summed E-state index contributed by atoms with van der Waals surface area (Å²) < 4.78 is 11.7. The van der Waals surface area contributed by atoms with Crippen molar-refractivity contribution in [3.05, 3.63) is 29.3 Å². The second-order valence-corrected chi connectivity index (χ2v) is 6.85. The first-order valence-corrected chi connectivity index (χ1v) is 8.00. The van der Waals surface area contributed by atoms with Crippen LogP contribution in [0.1, 0.15) is 44.2 Å². The molecule has 20 heavy (non-hydrogen) atoms. The Labute approximate surface area is 126 Å². The molecule has 0 spiro atoms. The van der Waals surface area contributed by atoms with Crippen molar-refractivity contribution < 1.29 is 9.47 Å². The molecule has 1 fully saturated rings. The number of fused-ring (bicyclic) bond motifs is 1. The van der Waals surface area contributed by atoms with Gasteiger partial charge in [-0.05, 0) is 43.9 Å². The van der Waals surface area contributed by atoms with Gasteiger partial charge in [-0.2, -0.15) is 0 Å². The van der Waals surface area contributed by atoms with Gasteiger partial charge in [-0.1, -0.05) is 19.1 Å². The molecule has 1 aromatic carbocycles. The molecule has 110 valence electrons. The third-order valence-electron chi connectivity index (χ3n) is 4.90. The average molecular weight is 295 g/mol. The van der Waals surface area contributed by atoms with Crippen LogP contribution in [0.2, 0.25) is 0 Å². The van der Waals surface area contributed by atoms with Crippen LogP contribution >= 0.6 is 11.6 Å².